The monoisotopic (exact) mass is 396 g/mol. The van der Waals surface area contributed by atoms with Crippen LogP contribution in [0.1, 0.15) is 23.0 Å². The van der Waals surface area contributed by atoms with Gasteiger partial charge in [-0.3, -0.25) is 9.69 Å². The van der Waals surface area contributed by atoms with Crippen molar-refractivity contribution in [1.29, 1.82) is 0 Å². The molecule has 0 radical (unpaired) electrons. The number of aromatic nitrogens is 2. The molecule has 0 spiro atoms. The minimum absolute atomic E-state index is 0.124. The number of nitrogens with one attached hydrogen (secondary N) is 1. The third-order valence-corrected chi connectivity index (χ3v) is 5.21. The van der Waals surface area contributed by atoms with Gasteiger partial charge in [-0.1, -0.05) is 29.8 Å². The van der Waals surface area contributed by atoms with Gasteiger partial charge in [0.05, 0.1) is 17.1 Å². The number of hydrogen-bond acceptors (Lipinski definition) is 3. The van der Waals surface area contributed by atoms with E-state index in [1.54, 1.807) is 24.3 Å². The van der Waals surface area contributed by atoms with Crippen LogP contribution in [0.2, 0.25) is 5.02 Å². The molecule has 1 aliphatic heterocycles. The highest BCUT2D eigenvalue weighted by Gasteiger charge is 2.40. The van der Waals surface area contributed by atoms with Crippen LogP contribution >= 0.6 is 23.8 Å². The maximum atomic E-state index is 13.2. The fourth-order valence-corrected chi connectivity index (χ4v) is 3.84. The van der Waals surface area contributed by atoms with E-state index in [1.165, 1.54) is 4.90 Å². The van der Waals surface area contributed by atoms with Crippen LogP contribution in [0, 0.1) is 13.8 Å². The van der Waals surface area contributed by atoms with E-state index in [0.717, 1.165) is 22.6 Å². The molecule has 1 atom stereocenters. The molecule has 0 saturated carbocycles. The predicted molar refractivity (Wildman–Crippen MR) is 110 cm³/mol. The van der Waals surface area contributed by atoms with Crippen molar-refractivity contribution in [3.8, 4) is 5.69 Å². The lowest BCUT2D eigenvalue weighted by Crippen LogP contribution is -2.30. The molecule has 136 valence electrons. The zero-order valence-corrected chi connectivity index (χ0v) is 16.4. The molecule has 1 aromatic heterocycles. The molecule has 27 heavy (non-hydrogen) atoms. The Morgan fingerprint density at radius 1 is 1.04 bits per heavy atom. The highest BCUT2D eigenvalue weighted by Crippen LogP contribution is 2.32. The Morgan fingerprint density at radius 3 is 2.37 bits per heavy atom. The first kappa shape index (κ1) is 17.7. The van der Waals surface area contributed by atoms with Crippen LogP contribution < -0.4 is 10.2 Å². The molecule has 0 bridgehead atoms. The zero-order valence-electron chi connectivity index (χ0n) is 14.8. The maximum absolute atomic E-state index is 13.2. The van der Waals surface area contributed by atoms with Gasteiger partial charge in [-0.15, -0.1) is 0 Å². The number of rotatable bonds is 3. The lowest BCUT2D eigenvalue weighted by Gasteiger charge is -2.15. The molecular formula is C20H17ClN4OS. The number of aryl methyl sites for hydroxylation is 1. The highest BCUT2D eigenvalue weighted by atomic mass is 35.5. The van der Waals surface area contributed by atoms with Crippen LogP contribution in [0.4, 0.5) is 5.69 Å². The summed E-state index contributed by atoms with van der Waals surface area (Å²) in [4.78, 5) is 14.7. The molecule has 0 aliphatic carbocycles. The van der Waals surface area contributed by atoms with Gasteiger partial charge in [-0.05, 0) is 62.5 Å². The second-order valence-corrected chi connectivity index (χ2v) is 7.19. The quantitative estimate of drug-likeness (QED) is 0.677. The normalized spacial score (nSPS) is 16.7. The number of halogens is 1. The van der Waals surface area contributed by atoms with Crippen molar-refractivity contribution in [3.63, 3.8) is 0 Å². The Kier molecular flexibility index (Phi) is 4.45. The van der Waals surface area contributed by atoms with Crippen LogP contribution in [0.25, 0.3) is 5.69 Å². The van der Waals surface area contributed by atoms with Crippen molar-refractivity contribution in [2.45, 2.75) is 19.9 Å². The third-order valence-electron chi connectivity index (χ3n) is 4.66. The van der Waals surface area contributed by atoms with Crippen LogP contribution in [0.5, 0.6) is 0 Å². The standard InChI is InChI=1S/C20H17ClN4OS/c1-12-17(13(2)25(23-12)16-6-4-3-5-7-16)18-19(26)24(20(27)22-18)15-10-8-14(21)9-11-15/h3-11,18H,1-2H3,(H,22,27)/t18-/m1/s1. The average Bonchev–Trinajstić information content (AvgIpc) is 3.12. The van der Waals surface area contributed by atoms with Crippen LogP contribution in [-0.2, 0) is 4.79 Å². The molecule has 4 rings (SSSR count). The van der Waals surface area contributed by atoms with E-state index in [0.29, 0.717) is 15.8 Å². The molecule has 1 N–H and O–H groups in total. The SMILES string of the molecule is Cc1nn(-c2ccccc2)c(C)c1[C@H]1NC(=S)N(c2ccc(Cl)cc2)C1=O. The van der Waals surface area contributed by atoms with Crippen LogP contribution in [0.3, 0.4) is 0 Å². The molecule has 3 aromatic rings. The van der Waals surface area contributed by atoms with E-state index < -0.39 is 6.04 Å². The number of amides is 1. The summed E-state index contributed by atoms with van der Waals surface area (Å²) in [6.07, 6.45) is 0. The zero-order chi connectivity index (χ0) is 19.1. The van der Waals surface area contributed by atoms with Gasteiger partial charge in [0.25, 0.3) is 5.91 Å². The number of thiocarbonyl (C=S) groups is 1. The molecule has 0 unspecified atom stereocenters. The van der Waals surface area contributed by atoms with Crippen LogP contribution in [0.15, 0.2) is 54.6 Å². The number of anilines is 1. The Hall–Kier alpha value is -2.70. The van der Waals surface area contributed by atoms with Gasteiger partial charge < -0.3 is 5.32 Å². The van der Waals surface area contributed by atoms with E-state index in [2.05, 4.69) is 10.4 Å². The lowest BCUT2D eigenvalue weighted by molar-refractivity contribution is -0.118. The fraction of sp³-hybridized carbons (Fsp3) is 0.150. The average molecular weight is 397 g/mol. The topological polar surface area (TPSA) is 50.2 Å². The van der Waals surface area contributed by atoms with Crippen molar-refractivity contribution in [3.05, 3.63) is 76.6 Å². The summed E-state index contributed by atoms with van der Waals surface area (Å²) >= 11 is 11.4. The van der Waals surface area contributed by atoms with Crippen LogP contribution in [-0.4, -0.2) is 20.8 Å². The molecule has 1 fully saturated rings. The van der Waals surface area contributed by atoms with Gasteiger partial charge in [-0.25, -0.2) is 4.68 Å². The maximum Gasteiger partial charge on any atom is 0.260 e. The molecular weight excluding hydrogens is 380 g/mol. The Morgan fingerprint density at radius 2 is 1.70 bits per heavy atom. The smallest absolute Gasteiger partial charge is 0.260 e. The number of carbonyl (C=O) groups is 1. The van der Waals surface area contributed by atoms with E-state index >= 15 is 0 Å². The Labute approximate surface area is 167 Å². The second-order valence-electron chi connectivity index (χ2n) is 6.36. The summed E-state index contributed by atoms with van der Waals surface area (Å²) in [6.45, 7) is 3.87. The van der Waals surface area contributed by atoms with Crippen molar-refractivity contribution >= 4 is 40.5 Å². The lowest BCUT2D eigenvalue weighted by atomic mass is 10.0. The molecule has 1 amide bonds. The van der Waals surface area contributed by atoms with E-state index in [4.69, 9.17) is 23.8 Å². The number of nitrogens with zero attached hydrogens (tertiary/aromatic N) is 3. The second kappa shape index (κ2) is 6.79. The van der Waals surface area contributed by atoms with Gasteiger partial charge in [0, 0.05) is 16.3 Å². The van der Waals surface area contributed by atoms with E-state index in [9.17, 15) is 4.79 Å². The Balaban J connectivity index is 1.73. The summed E-state index contributed by atoms with van der Waals surface area (Å²) in [6, 6.07) is 16.3. The Bertz CT molecular complexity index is 1030. The van der Waals surface area contributed by atoms with Crippen molar-refractivity contribution in [2.24, 2.45) is 0 Å². The third kappa shape index (κ3) is 3.01. The number of para-hydroxylation sites is 1. The fourth-order valence-electron chi connectivity index (χ4n) is 3.40. The van der Waals surface area contributed by atoms with Gasteiger partial charge in [-0.2, -0.15) is 5.10 Å². The summed E-state index contributed by atoms with van der Waals surface area (Å²) in [5.41, 5.74) is 4.19. The number of hydrogen-bond donors (Lipinski definition) is 1. The van der Waals surface area contributed by atoms with Crippen molar-refractivity contribution in [1.82, 2.24) is 15.1 Å². The van der Waals surface area contributed by atoms with Gasteiger partial charge in [0.1, 0.15) is 6.04 Å². The molecule has 1 aliphatic rings. The van der Waals surface area contributed by atoms with E-state index in [1.807, 2.05) is 48.9 Å². The summed E-state index contributed by atoms with van der Waals surface area (Å²) in [7, 11) is 0. The predicted octanol–water partition coefficient (Wildman–Crippen LogP) is 4.10. The summed E-state index contributed by atoms with van der Waals surface area (Å²) in [5.74, 6) is -0.124. The number of carbonyl (C=O) groups excluding carboxylic acids is 1. The van der Waals surface area contributed by atoms with Crippen molar-refractivity contribution in [2.75, 3.05) is 4.90 Å². The molecule has 5 nitrogen and oxygen atoms in total. The highest BCUT2D eigenvalue weighted by molar-refractivity contribution is 7.80. The first-order valence-corrected chi connectivity index (χ1v) is 9.27. The van der Waals surface area contributed by atoms with E-state index in [-0.39, 0.29) is 5.91 Å². The molecule has 1 saturated heterocycles. The molecule has 2 heterocycles. The number of benzene rings is 2. The van der Waals surface area contributed by atoms with Gasteiger partial charge in [0.15, 0.2) is 5.11 Å². The largest absolute Gasteiger partial charge is 0.346 e. The summed E-state index contributed by atoms with van der Waals surface area (Å²) in [5, 5.41) is 8.77. The molecule has 7 heteroatoms. The first-order valence-electron chi connectivity index (χ1n) is 8.49. The minimum Gasteiger partial charge on any atom is -0.346 e. The van der Waals surface area contributed by atoms with Crippen molar-refractivity contribution < 1.29 is 4.79 Å². The molecule has 2 aromatic carbocycles. The summed E-state index contributed by atoms with van der Waals surface area (Å²) < 4.78 is 1.85. The minimum atomic E-state index is -0.564. The first-order chi connectivity index (χ1) is 13.0. The van der Waals surface area contributed by atoms with Gasteiger partial charge in [0.2, 0.25) is 0 Å². The van der Waals surface area contributed by atoms with Gasteiger partial charge >= 0.3 is 0 Å².